The molecule has 0 bridgehead atoms. The molecule has 2 N–H and O–H groups in total. The molecular weight excluding hydrogens is 290 g/mol. The number of hydrogen-bond acceptors (Lipinski definition) is 5. The van der Waals surface area contributed by atoms with Gasteiger partial charge < -0.3 is 19.9 Å². The molecule has 1 saturated carbocycles. The van der Waals surface area contributed by atoms with Gasteiger partial charge in [-0.25, -0.2) is 4.79 Å². The minimum atomic E-state index is -0.961. The first-order valence-corrected chi connectivity index (χ1v) is 7.43. The largest absolute Gasteiger partial charge is 0.481 e. The Morgan fingerprint density at radius 3 is 2.36 bits per heavy atom. The van der Waals surface area contributed by atoms with E-state index in [1.807, 2.05) is 0 Å². The molecular formula is C15H25NO6. The average Bonchev–Trinajstić information content (AvgIpc) is 2.35. The van der Waals surface area contributed by atoms with Gasteiger partial charge in [0.2, 0.25) is 0 Å². The monoisotopic (exact) mass is 315 g/mol. The summed E-state index contributed by atoms with van der Waals surface area (Å²) in [5, 5.41) is 11.7. The topological polar surface area (TPSA) is 102 Å². The van der Waals surface area contributed by atoms with Crippen LogP contribution >= 0.6 is 0 Å². The van der Waals surface area contributed by atoms with Crippen LogP contribution in [0.4, 0.5) is 4.79 Å². The van der Waals surface area contributed by atoms with Gasteiger partial charge in [0.1, 0.15) is 5.60 Å². The van der Waals surface area contributed by atoms with Crippen molar-refractivity contribution in [2.24, 2.45) is 11.8 Å². The molecule has 1 fully saturated rings. The van der Waals surface area contributed by atoms with Crippen LogP contribution in [0.3, 0.4) is 0 Å². The third-order valence-corrected chi connectivity index (χ3v) is 3.64. The van der Waals surface area contributed by atoms with Crippen LogP contribution in [0.2, 0.25) is 0 Å². The van der Waals surface area contributed by atoms with Gasteiger partial charge in [-0.1, -0.05) is 6.42 Å². The molecule has 3 atom stereocenters. The maximum absolute atomic E-state index is 12.0. The highest BCUT2D eigenvalue weighted by Crippen LogP contribution is 2.34. The third kappa shape index (κ3) is 5.54. The molecule has 126 valence electrons. The Morgan fingerprint density at radius 2 is 1.86 bits per heavy atom. The van der Waals surface area contributed by atoms with Crippen molar-refractivity contribution in [1.29, 1.82) is 0 Å². The number of carbonyl (C=O) groups is 3. The van der Waals surface area contributed by atoms with E-state index in [2.05, 4.69) is 5.32 Å². The quantitative estimate of drug-likeness (QED) is 0.769. The smallest absolute Gasteiger partial charge is 0.407 e. The van der Waals surface area contributed by atoms with E-state index in [9.17, 15) is 14.4 Å². The molecule has 0 aromatic heterocycles. The van der Waals surface area contributed by atoms with Gasteiger partial charge in [-0.2, -0.15) is 0 Å². The Kier molecular flexibility index (Phi) is 6.20. The number of nitrogens with one attached hydrogen (secondary N) is 1. The normalized spacial score (nSPS) is 25.2. The van der Waals surface area contributed by atoms with Crippen molar-refractivity contribution in [2.75, 3.05) is 7.11 Å². The zero-order valence-corrected chi connectivity index (χ0v) is 13.5. The molecule has 1 rings (SSSR count). The van der Waals surface area contributed by atoms with Crippen LogP contribution in [-0.4, -0.2) is 41.9 Å². The first kappa shape index (κ1) is 18.3. The molecule has 0 radical (unpaired) electrons. The van der Waals surface area contributed by atoms with Crippen molar-refractivity contribution in [2.45, 2.75) is 58.1 Å². The lowest BCUT2D eigenvalue weighted by atomic mass is 9.74. The Bertz CT molecular complexity index is 428. The predicted octanol–water partition coefficient (Wildman–Crippen LogP) is 1.94. The lowest BCUT2D eigenvalue weighted by molar-refractivity contribution is -0.151. The van der Waals surface area contributed by atoms with Crippen LogP contribution in [0, 0.1) is 11.8 Å². The van der Waals surface area contributed by atoms with Crippen molar-refractivity contribution in [1.82, 2.24) is 5.32 Å². The fraction of sp³-hybridized carbons (Fsp3) is 0.800. The maximum Gasteiger partial charge on any atom is 0.407 e. The molecule has 0 saturated heterocycles. The summed E-state index contributed by atoms with van der Waals surface area (Å²) in [4.78, 5) is 34.9. The molecule has 1 amide bonds. The number of methoxy groups -OCH3 is 1. The standard InChI is InChI=1S/C15H25NO6/c1-15(2,3)22-14(20)16-10-7-5-6-9(8-11(17)18)12(10)13(19)21-4/h9-10,12H,5-8H2,1-4H3,(H,16,20)(H,17,18)/t9-,10-,12-/m1/s1. The second kappa shape index (κ2) is 7.47. The fourth-order valence-corrected chi connectivity index (χ4v) is 2.85. The second-order valence-electron chi connectivity index (χ2n) is 6.59. The van der Waals surface area contributed by atoms with Crippen LogP contribution in [-0.2, 0) is 19.1 Å². The maximum atomic E-state index is 12.0. The van der Waals surface area contributed by atoms with Crippen LogP contribution in [0.15, 0.2) is 0 Å². The van der Waals surface area contributed by atoms with Gasteiger partial charge in [0.15, 0.2) is 0 Å². The molecule has 0 aromatic carbocycles. The summed E-state index contributed by atoms with van der Waals surface area (Å²) in [6.07, 6.45) is 1.23. The minimum Gasteiger partial charge on any atom is -0.481 e. The lowest BCUT2D eigenvalue weighted by Crippen LogP contribution is -2.50. The summed E-state index contributed by atoms with van der Waals surface area (Å²) in [6.45, 7) is 5.25. The molecule has 22 heavy (non-hydrogen) atoms. The first-order valence-electron chi connectivity index (χ1n) is 7.43. The molecule has 0 spiro atoms. The number of amides is 1. The number of aliphatic carboxylic acids is 1. The number of esters is 1. The van der Waals surface area contributed by atoms with E-state index in [0.717, 1.165) is 6.42 Å². The van der Waals surface area contributed by atoms with Crippen molar-refractivity contribution >= 4 is 18.0 Å². The van der Waals surface area contributed by atoms with E-state index in [1.165, 1.54) is 7.11 Å². The Balaban J connectivity index is 2.82. The van der Waals surface area contributed by atoms with Gasteiger partial charge in [-0.15, -0.1) is 0 Å². The van der Waals surface area contributed by atoms with Crippen LogP contribution in [0.1, 0.15) is 46.5 Å². The van der Waals surface area contributed by atoms with E-state index >= 15 is 0 Å². The number of carboxylic acid groups (broad SMARTS) is 1. The van der Waals surface area contributed by atoms with Crippen LogP contribution < -0.4 is 5.32 Å². The number of ether oxygens (including phenoxy) is 2. The van der Waals surface area contributed by atoms with Crippen molar-refractivity contribution < 1.29 is 29.0 Å². The average molecular weight is 315 g/mol. The summed E-state index contributed by atoms with van der Waals surface area (Å²) in [6, 6.07) is -0.472. The summed E-state index contributed by atoms with van der Waals surface area (Å²) < 4.78 is 9.99. The molecule has 7 nitrogen and oxygen atoms in total. The van der Waals surface area contributed by atoms with Gasteiger partial charge in [-0.05, 0) is 39.5 Å². The molecule has 7 heteroatoms. The number of hydrogen-bond donors (Lipinski definition) is 2. The highest BCUT2D eigenvalue weighted by molar-refractivity contribution is 5.77. The van der Waals surface area contributed by atoms with E-state index in [-0.39, 0.29) is 12.3 Å². The van der Waals surface area contributed by atoms with Crippen molar-refractivity contribution in [3.8, 4) is 0 Å². The molecule has 0 heterocycles. The second-order valence-corrected chi connectivity index (χ2v) is 6.59. The summed E-state index contributed by atoms with van der Waals surface area (Å²) in [7, 11) is 1.26. The summed E-state index contributed by atoms with van der Waals surface area (Å²) in [5.41, 5.74) is -0.639. The fourth-order valence-electron chi connectivity index (χ4n) is 2.85. The summed E-state index contributed by atoms with van der Waals surface area (Å²) in [5.74, 6) is -2.47. The van der Waals surface area contributed by atoms with E-state index < -0.39 is 35.6 Å². The van der Waals surface area contributed by atoms with Gasteiger partial charge in [0.05, 0.1) is 13.0 Å². The molecule has 0 unspecified atom stereocenters. The Labute approximate surface area is 130 Å². The Hall–Kier alpha value is -1.79. The Morgan fingerprint density at radius 1 is 1.23 bits per heavy atom. The van der Waals surface area contributed by atoms with E-state index in [4.69, 9.17) is 14.6 Å². The van der Waals surface area contributed by atoms with Gasteiger partial charge in [0, 0.05) is 12.5 Å². The number of carbonyl (C=O) groups excluding carboxylic acids is 2. The zero-order chi connectivity index (χ0) is 16.9. The van der Waals surface area contributed by atoms with Crippen molar-refractivity contribution in [3.63, 3.8) is 0 Å². The molecule has 1 aliphatic rings. The van der Waals surface area contributed by atoms with Crippen molar-refractivity contribution in [3.05, 3.63) is 0 Å². The highest BCUT2D eigenvalue weighted by Gasteiger charge is 2.41. The molecule has 0 aromatic rings. The predicted molar refractivity (Wildman–Crippen MR) is 78.3 cm³/mol. The lowest BCUT2D eigenvalue weighted by Gasteiger charge is -2.36. The van der Waals surface area contributed by atoms with Gasteiger partial charge >= 0.3 is 18.0 Å². The van der Waals surface area contributed by atoms with Gasteiger partial charge in [-0.3, -0.25) is 9.59 Å². The number of carboxylic acids is 1. The minimum absolute atomic E-state index is 0.119. The van der Waals surface area contributed by atoms with E-state index in [0.29, 0.717) is 12.8 Å². The molecule has 0 aliphatic heterocycles. The SMILES string of the molecule is COC(=O)[C@@H]1[C@@H](CC(=O)O)CCC[C@H]1NC(=O)OC(C)(C)C. The number of alkyl carbamates (subject to hydrolysis) is 1. The highest BCUT2D eigenvalue weighted by atomic mass is 16.6. The molecule has 1 aliphatic carbocycles. The van der Waals surface area contributed by atoms with Gasteiger partial charge in [0.25, 0.3) is 0 Å². The first-order chi connectivity index (χ1) is 10.1. The zero-order valence-electron chi connectivity index (χ0n) is 13.5. The van der Waals surface area contributed by atoms with Crippen LogP contribution in [0.25, 0.3) is 0 Å². The third-order valence-electron chi connectivity index (χ3n) is 3.64. The van der Waals surface area contributed by atoms with Crippen LogP contribution in [0.5, 0.6) is 0 Å². The number of rotatable bonds is 4. The summed E-state index contributed by atoms with van der Waals surface area (Å²) >= 11 is 0. The van der Waals surface area contributed by atoms with E-state index in [1.54, 1.807) is 20.8 Å².